The predicted octanol–water partition coefficient (Wildman–Crippen LogP) is 1.74. The lowest BCUT2D eigenvalue weighted by molar-refractivity contribution is 0.0719. The molecule has 1 saturated carbocycles. The first-order chi connectivity index (χ1) is 8.22. The van der Waals surface area contributed by atoms with Gasteiger partial charge in [0.05, 0.1) is 23.4 Å². The van der Waals surface area contributed by atoms with Crippen LogP contribution < -0.4 is 5.32 Å². The first-order valence-electron chi connectivity index (χ1n) is 6.13. The van der Waals surface area contributed by atoms with Crippen LogP contribution in [0.15, 0.2) is 5.51 Å². The maximum Gasteiger partial charge on any atom is 0.263 e. The standard InChI is InChI=1S/C12H18N2O2S/c1-2-8-11(17-7-13-8)12(16)14-9-5-3-4-6-10(9)15/h7,9-10,15H,2-6H2,1H3,(H,14,16). The third-order valence-electron chi connectivity index (χ3n) is 3.23. The van der Waals surface area contributed by atoms with E-state index in [0.717, 1.165) is 37.8 Å². The molecule has 1 amide bonds. The second-order valence-corrected chi connectivity index (χ2v) is 5.27. The highest BCUT2D eigenvalue weighted by Gasteiger charge is 2.26. The predicted molar refractivity (Wildman–Crippen MR) is 67.2 cm³/mol. The molecule has 1 fully saturated rings. The van der Waals surface area contributed by atoms with Crippen molar-refractivity contribution in [3.8, 4) is 0 Å². The van der Waals surface area contributed by atoms with Gasteiger partial charge >= 0.3 is 0 Å². The minimum absolute atomic E-state index is 0.0877. The van der Waals surface area contributed by atoms with E-state index in [9.17, 15) is 9.90 Å². The number of hydrogen-bond donors (Lipinski definition) is 2. The van der Waals surface area contributed by atoms with Crippen molar-refractivity contribution in [1.29, 1.82) is 0 Å². The van der Waals surface area contributed by atoms with Crippen molar-refractivity contribution in [1.82, 2.24) is 10.3 Å². The molecule has 0 aromatic carbocycles. The molecule has 1 aliphatic rings. The molecule has 2 unspecified atom stereocenters. The van der Waals surface area contributed by atoms with E-state index in [1.807, 2.05) is 6.92 Å². The fourth-order valence-electron chi connectivity index (χ4n) is 2.22. The summed E-state index contributed by atoms with van der Waals surface area (Å²) in [4.78, 5) is 16.9. The van der Waals surface area contributed by atoms with Crippen molar-refractivity contribution in [3.63, 3.8) is 0 Å². The highest BCUT2D eigenvalue weighted by Crippen LogP contribution is 2.20. The van der Waals surface area contributed by atoms with Crippen LogP contribution in [-0.2, 0) is 6.42 Å². The Labute approximate surface area is 105 Å². The summed E-state index contributed by atoms with van der Waals surface area (Å²) in [7, 11) is 0. The number of carbonyl (C=O) groups excluding carboxylic acids is 1. The number of aliphatic hydroxyl groups is 1. The van der Waals surface area contributed by atoms with Gasteiger partial charge in [-0.1, -0.05) is 19.8 Å². The number of rotatable bonds is 3. The number of amides is 1. The molecule has 0 bridgehead atoms. The number of aryl methyl sites for hydroxylation is 1. The van der Waals surface area contributed by atoms with Gasteiger partial charge in [-0.15, -0.1) is 11.3 Å². The molecule has 2 N–H and O–H groups in total. The average molecular weight is 254 g/mol. The fourth-order valence-corrected chi connectivity index (χ4v) is 3.00. The Morgan fingerprint density at radius 2 is 2.35 bits per heavy atom. The van der Waals surface area contributed by atoms with E-state index < -0.39 is 6.10 Å². The summed E-state index contributed by atoms with van der Waals surface area (Å²) < 4.78 is 0. The maximum atomic E-state index is 12.0. The summed E-state index contributed by atoms with van der Waals surface area (Å²) in [5.41, 5.74) is 2.54. The Balaban J connectivity index is 2.01. The molecule has 2 rings (SSSR count). The van der Waals surface area contributed by atoms with Gasteiger partial charge in [0, 0.05) is 0 Å². The average Bonchev–Trinajstić information content (AvgIpc) is 2.80. The first kappa shape index (κ1) is 12.5. The largest absolute Gasteiger partial charge is 0.391 e. The van der Waals surface area contributed by atoms with Gasteiger partial charge in [0.2, 0.25) is 0 Å². The minimum atomic E-state index is -0.398. The van der Waals surface area contributed by atoms with Crippen LogP contribution in [0.1, 0.15) is 48.0 Å². The normalized spacial score (nSPS) is 24.6. The zero-order valence-corrected chi connectivity index (χ0v) is 10.8. The molecule has 0 saturated heterocycles. The summed E-state index contributed by atoms with van der Waals surface area (Å²) in [6.45, 7) is 1.99. The van der Waals surface area contributed by atoms with Gasteiger partial charge in [-0.05, 0) is 19.3 Å². The lowest BCUT2D eigenvalue weighted by Crippen LogP contribution is -2.45. The Hall–Kier alpha value is -0.940. The van der Waals surface area contributed by atoms with E-state index in [1.54, 1.807) is 5.51 Å². The van der Waals surface area contributed by atoms with E-state index in [0.29, 0.717) is 4.88 Å². The van der Waals surface area contributed by atoms with Gasteiger partial charge in [0.1, 0.15) is 4.88 Å². The zero-order chi connectivity index (χ0) is 12.3. The van der Waals surface area contributed by atoms with Crippen LogP contribution in [0.4, 0.5) is 0 Å². The number of nitrogens with one attached hydrogen (secondary N) is 1. The Bertz CT molecular complexity index is 392. The van der Waals surface area contributed by atoms with Crippen molar-refractivity contribution in [2.75, 3.05) is 0 Å². The van der Waals surface area contributed by atoms with Crippen LogP contribution in [-0.4, -0.2) is 28.1 Å². The minimum Gasteiger partial charge on any atom is -0.391 e. The number of thiazole rings is 1. The Kier molecular flexibility index (Phi) is 4.12. The van der Waals surface area contributed by atoms with E-state index in [2.05, 4.69) is 10.3 Å². The number of aromatic nitrogens is 1. The van der Waals surface area contributed by atoms with Crippen LogP contribution in [0.2, 0.25) is 0 Å². The van der Waals surface area contributed by atoms with Crippen LogP contribution >= 0.6 is 11.3 Å². The van der Waals surface area contributed by atoms with Crippen molar-refractivity contribution >= 4 is 17.2 Å². The van der Waals surface area contributed by atoms with Crippen LogP contribution in [0.3, 0.4) is 0 Å². The van der Waals surface area contributed by atoms with E-state index in [1.165, 1.54) is 11.3 Å². The summed E-state index contributed by atoms with van der Waals surface area (Å²) in [5.74, 6) is -0.0877. The Morgan fingerprint density at radius 3 is 3.06 bits per heavy atom. The Morgan fingerprint density at radius 1 is 1.59 bits per heavy atom. The molecule has 1 aliphatic carbocycles. The van der Waals surface area contributed by atoms with Gasteiger partial charge in [0.15, 0.2) is 0 Å². The smallest absolute Gasteiger partial charge is 0.263 e. The maximum absolute atomic E-state index is 12.0. The molecule has 1 aromatic rings. The second kappa shape index (κ2) is 5.60. The van der Waals surface area contributed by atoms with Crippen molar-refractivity contribution in [2.24, 2.45) is 0 Å². The summed E-state index contributed by atoms with van der Waals surface area (Å²) in [5, 5.41) is 12.7. The molecular formula is C12H18N2O2S. The molecule has 94 valence electrons. The quantitative estimate of drug-likeness (QED) is 0.863. The highest BCUT2D eigenvalue weighted by molar-refractivity contribution is 7.11. The molecular weight excluding hydrogens is 236 g/mol. The van der Waals surface area contributed by atoms with Crippen molar-refractivity contribution < 1.29 is 9.90 Å². The van der Waals surface area contributed by atoms with Crippen LogP contribution in [0, 0.1) is 0 Å². The number of aliphatic hydroxyl groups excluding tert-OH is 1. The summed E-state index contributed by atoms with van der Waals surface area (Å²) >= 11 is 1.37. The van der Waals surface area contributed by atoms with Gasteiger partial charge in [0.25, 0.3) is 5.91 Å². The van der Waals surface area contributed by atoms with Gasteiger partial charge < -0.3 is 10.4 Å². The zero-order valence-electron chi connectivity index (χ0n) is 9.98. The van der Waals surface area contributed by atoms with E-state index in [-0.39, 0.29) is 11.9 Å². The molecule has 0 spiro atoms. The molecule has 0 aliphatic heterocycles. The van der Waals surface area contributed by atoms with Crippen molar-refractivity contribution in [3.05, 3.63) is 16.1 Å². The fraction of sp³-hybridized carbons (Fsp3) is 0.667. The van der Waals surface area contributed by atoms with Gasteiger partial charge in [-0.25, -0.2) is 4.98 Å². The molecule has 1 aromatic heterocycles. The SMILES string of the molecule is CCc1ncsc1C(=O)NC1CCCCC1O. The molecule has 4 nitrogen and oxygen atoms in total. The van der Waals surface area contributed by atoms with Crippen LogP contribution in [0.25, 0.3) is 0 Å². The van der Waals surface area contributed by atoms with E-state index >= 15 is 0 Å². The molecule has 0 radical (unpaired) electrons. The van der Waals surface area contributed by atoms with Crippen LogP contribution in [0.5, 0.6) is 0 Å². The molecule has 2 atom stereocenters. The third kappa shape index (κ3) is 2.84. The summed E-state index contributed by atoms with van der Waals surface area (Å²) in [6.07, 6.45) is 4.14. The molecule has 5 heteroatoms. The van der Waals surface area contributed by atoms with E-state index in [4.69, 9.17) is 0 Å². The first-order valence-corrected chi connectivity index (χ1v) is 7.01. The number of carbonyl (C=O) groups is 1. The highest BCUT2D eigenvalue weighted by atomic mass is 32.1. The topological polar surface area (TPSA) is 62.2 Å². The number of hydrogen-bond acceptors (Lipinski definition) is 4. The lowest BCUT2D eigenvalue weighted by Gasteiger charge is -2.28. The molecule has 17 heavy (non-hydrogen) atoms. The molecule has 1 heterocycles. The van der Waals surface area contributed by atoms with Gasteiger partial charge in [-0.2, -0.15) is 0 Å². The van der Waals surface area contributed by atoms with Gasteiger partial charge in [-0.3, -0.25) is 4.79 Å². The monoisotopic (exact) mass is 254 g/mol. The second-order valence-electron chi connectivity index (χ2n) is 4.41. The third-order valence-corrected chi connectivity index (χ3v) is 4.10. The van der Waals surface area contributed by atoms with Crippen molar-refractivity contribution in [2.45, 2.75) is 51.2 Å². The lowest BCUT2D eigenvalue weighted by atomic mass is 9.92. The number of nitrogens with zero attached hydrogens (tertiary/aromatic N) is 1. The summed E-state index contributed by atoms with van der Waals surface area (Å²) in [6, 6.07) is -0.0944.